The van der Waals surface area contributed by atoms with Crippen molar-refractivity contribution in [3.8, 4) is 0 Å². The molecule has 124 valence electrons. The van der Waals surface area contributed by atoms with E-state index in [-0.39, 0.29) is 16.4 Å². The molecule has 0 aliphatic carbocycles. The summed E-state index contributed by atoms with van der Waals surface area (Å²) in [5, 5.41) is 11.9. The Kier molecular flexibility index (Phi) is 5.81. The highest BCUT2D eigenvalue weighted by Crippen LogP contribution is 2.30. The maximum atomic E-state index is 12.6. The highest BCUT2D eigenvalue weighted by Gasteiger charge is 2.20. The predicted molar refractivity (Wildman–Crippen MR) is 98.9 cm³/mol. The third-order valence-corrected chi connectivity index (χ3v) is 5.48. The molecule has 0 fully saturated rings. The molecule has 6 heteroatoms. The predicted octanol–water partition coefficient (Wildman–Crippen LogP) is 4.63. The molecule has 0 saturated heterocycles. The first-order valence-corrected chi connectivity index (χ1v) is 9.39. The summed E-state index contributed by atoms with van der Waals surface area (Å²) in [5.41, 5.74) is 2.07. The molecule has 0 unspecified atom stereocenters. The summed E-state index contributed by atoms with van der Waals surface area (Å²) in [4.78, 5) is 12.6. The molecule has 23 heavy (non-hydrogen) atoms. The van der Waals surface area contributed by atoms with Gasteiger partial charge in [-0.2, -0.15) is 0 Å². The van der Waals surface area contributed by atoms with Crippen molar-refractivity contribution >= 4 is 34.0 Å². The third kappa shape index (κ3) is 4.78. The number of nitrogens with one attached hydrogen (secondary N) is 1. The number of hydrogen-bond acceptors (Lipinski definition) is 6. The van der Waals surface area contributed by atoms with Crippen LogP contribution >= 0.6 is 23.1 Å². The number of carbonyl (C=O) groups is 1. The highest BCUT2D eigenvalue weighted by molar-refractivity contribution is 8.02. The third-order valence-electron chi connectivity index (χ3n) is 3.42. The van der Waals surface area contributed by atoms with Crippen molar-refractivity contribution < 1.29 is 4.79 Å². The van der Waals surface area contributed by atoms with E-state index in [1.807, 2.05) is 38.1 Å². The van der Waals surface area contributed by atoms with E-state index in [0.29, 0.717) is 0 Å². The Morgan fingerprint density at radius 3 is 2.48 bits per heavy atom. The minimum Gasteiger partial charge on any atom is -0.360 e. The Morgan fingerprint density at radius 2 is 1.91 bits per heavy atom. The summed E-state index contributed by atoms with van der Waals surface area (Å²) in [6, 6.07) is 7.92. The number of hydrogen-bond donors (Lipinski definition) is 1. The van der Waals surface area contributed by atoms with Gasteiger partial charge in [-0.25, -0.2) is 0 Å². The van der Waals surface area contributed by atoms with Crippen LogP contribution in [0.2, 0.25) is 0 Å². The molecular formula is C17H23N3OS2. The molecule has 0 bridgehead atoms. The highest BCUT2D eigenvalue weighted by atomic mass is 32.2. The summed E-state index contributed by atoms with van der Waals surface area (Å²) in [7, 11) is 0. The second-order valence-electron chi connectivity index (χ2n) is 6.36. The Balaban J connectivity index is 2.03. The van der Waals surface area contributed by atoms with Crippen LogP contribution in [0.3, 0.4) is 0 Å². The first kappa shape index (κ1) is 17.9. The Labute approximate surface area is 146 Å². The van der Waals surface area contributed by atoms with E-state index < -0.39 is 0 Å². The lowest BCUT2D eigenvalue weighted by Crippen LogP contribution is -2.15. The van der Waals surface area contributed by atoms with E-state index in [2.05, 4.69) is 36.3 Å². The van der Waals surface area contributed by atoms with Crippen LogP contribution < -0.4 is 5.32 Å². The molecule has 1 aromatic carbocycles. The summed E-state index contributed by atoms with van der Waals surface area (Å²) in [5.74, 6) is 0.121. The minimum atomic E-state index is -0.182. The van der Waals surface area contributed by atoms with Gasteiger partial charge in [-0.1, -0.05) is 68.1 Å². The van der Waals surface area contributed by atoms with Crippen molar-refractivity contribution in [2.45, 2.75) is 49.6 Å². The fraction of sp³-hybridized carbons (Fsp3) is 0.471. The van der Waals surface area contributed by atoms with Gasteiger partial charge in [0.2, 0.25) is 5.13 Å². The normalized spacial score (nSPS) is 12.9. The standard InChI is InChI=1S/C17H23N3OS2/c1-6-18-15-19-20-16(23-15)22-11(2)14(21)12-7-9-13(10-8-12)17(3,4)5/h7-11H,6H2,1-5H3,(H,18,19)/t11-/m1/s1. The maximum Gasteiger partial charge on any atom is 0.206 e. The van der Waals surface area contributed by atoms with Gasteiger partial charge in [-0.05, 0) is 24.8 Å². The van der Waals surface area contributed by atoms with Crippen molar-refractivity contribution in [1.82, 2.24) is 10.2 Å². The Hall–Kier alpha value is -1.40. The van der Waals surface area contributed by atoms with Gasteiger partial charge < -0.3 is 5.32 Å². The topological polar surface area (TPSA) is 54.9 Å². The lowest BCUT2D eigenvalue weighted by Gasteiger charge is -2.19. The molecule has 1 aromatic heterocycles. The van der Waals surface area contributed by atoms with Crippen LogP contribution in [0.4, 0.5) is 5.13 Å². The number of Topliss-reactive ketones (excluding diaryl/α,β-unsaturated/α-hetero) is 1. The second kappa shape index (κ2) is 7.45. The fourth-order valence-corrected chi connectivity index (χ4v) is 4.10. The molecule has 0 amide bonds. The number of ketones is 1. The molecule has 4 nitrogen and oxygen atoms in total. The number of thioether (sulfide) groups is 1. The molecule has 1 N–H and O–H groups in total. The van der Waals surface area contributed by atoms with Crippen LogP contribution in [0, 0.1) is 0 Å². The van der Waals surface area contributed by atoms with Crippen molar-refractivity contribution in [3.63, 3.8) is 0 Å². The Morgan fingerprint density at radius 1 is 1.26 bits per heavy atom. The average Bonchev–Trinajstić information content (AvgIpc) is 2.93. The molecule has 0 saturated carbocycles. The zero-order chi connectivity index (χ0) is 17.0. The van der Waals surface area contributed by atoms with E-state index in [0.717, 1.165) is 21.6 Å². The quantitative estimate of drug-likeness (QED) is 0.608. The summed E-state index contributed by atoms with van der Waals surface area (Å²) >= 11 is 2.94. The lowest BCUT2D eigenvalue weighted by molar-refractivity contribution is 0.0994. The summed E-state index contributed by atoms with van der Waals surface area (Å²) in [6.45, 7) is 11.2. The minimum absolute atomic E-state index is 0.0944. The smallest absolute Gasteiger partial charge is 0.206 e. The first-order chi connectivity index (χ1) is 10.8. The first-order valence-electron chi connectivity index (χ1n) is 7.70. The van der Waals surface area contributed by atoms with Gasteiger partial charge in [0.25, 0.3) is 0 Å². The van der Waals surface area contributed by atoms with E-state index in [1.165, 1.54) is 28.7 Å². The summed E-state index contributed by atoms with van der Waals surface area (Å²) < 4.78 is 0.813. The van der Waals surface area contributed by atoms with Crippen molar-refractivity contribution in [2.75, 3.05) is 11.9 Å². The van der Waals surface area contributed by atoms with Crippen molar-refractivity contribution in [1.29, 1.82) is 0 Å². The number of aromatic nitrogens is 2. The molecule has 1 heterocycles. The van der Waals surface area contributed by atoms with Crippen LogP contribution in [0.15, 0.2) is 28.6 Å². The monoisotopic (exact) mass is 349 g/mol. The molecule has 2 aromatic rings. The van der Waals surface area contributed by atoms with Crippen LogP contribution in [-0.4, -0.2) is 27.8 Å². The molecule has 0 spiro atoms. The number of anilines is 1. The van der Waals surface area contributed by atoms with Crippen molar-refractivity contribution in [3.05, 3.63) is 35.4 Å². The molecule has 0 radical (unpaired) electrons. The number of carbonyl (C=O) groups excluding carboxylic acids is 1. The van der Waals surface area contributed by atoms with Gasteiger partial charge in [-0.15, -0.1) is 10.2 Å². The van der Waals surface area contributed by atoms with E-state index in [9.17, 15) is 4.79 Å². The zero-order valence-corrected chi connectivity index (χ0v) is 15.8. The van der Waals surface area contributed by atoms with Crippen LogP contribution in [0.1, 0.15) is 50.5 Å². The molecule has 1 atom stereocenters. The van der Waals surface area contributed by atoms with Crippen LogP contribution in [0.5, 0.6) is 0 Å². The number of rotatable bonds is 6. The number of nitrogens with zero attached hydrogens (tertiary/aromatic N) is 2. The molecule has 2 rings (SSSR count). The van der Waals surface area contributed by atoms with E-state index in [1.54, 1.807) is 0 Å². The van der Waals surface area contributed by atoms with E-state index >= 15 is 0 Å². The fourth-order valence-electron chi connectivity index (χ4n) is 2.05. The van der Waals surface area contributed by atoms with E-state index in [4.69, 9.17) is 0 Å². The SMILES string of the molecule is CCNc1nnc(S[C@H](C)C(=O)c2ccc(C(C)(C)C)cc2)s1. The zero-order valence-electron chi connectivity index (χ0n) is 14.2. The molecule has 0 aliphatic rings. The average molecular weight is 350 g/mol. The maximum absolute atomic E-state index is 12.6. The van der Waals surface area contributed by atoms with Crippen LogP contribution in [0.25, 0.3) is 0 Å². The summed E-state index contributed by atoms with van der Waals surface area (Å²) in [6.07, 6.45) is 0. The number of benzene rings is 1. The van der Waals surface area contributed by atoms with Gasteiger partial charge in [-0.3, -0.25) is 4.79 Å². The van der Waals surface area contributed by atoms with Gasteiger partial charge in [0, 0.05) is 12.1 Å². The van der Waals surface area contributed by atoms with Gasteiger partial charge in [0.05, 0.1) is 5.25 Å². The van der Waals surface area contributed by atoms with Gasteiger partial charge in [0.1, 0.15) is 0 Å². The molecular weight excluding hydrogens is 326 g/mol. The van der Waals surface area contributed by atoms with Gasteiger partial charge >= 0.3 is 0 Å². The Bertz CT molecular complexity index is 659. The van der Waals surface area contributed by atoms with Crippen LogP contribution in [-0.2, 0) is 5.41 Å². The second-order valence-corrected chi connectivity index (χ2v) is 8.92. The molecule has 0 aliphatic heterocycles. The largest absolute Gasteiger partial charge is 0.360 e. The van der Waals surface area contributed by atoms with Gasteiger partial charge in [0.15, 0.2) is 10.1 Å². The van der Waals surface area contributed by atoms with Crippen molar-refractivity contribution in [2.24, 2.45) is 0 Å². The lowest BCUT2D eigenvalue weighted by atomic mass is 9.86.